The first kappa shape index (κ1) is 8.65. The highest BCUT2D eigenvalue weighted by atomic mass is 19.3. The van der Waals surface area contributed by atoms with Gasteiger partial charge in [-0.15, -0.1) is 6.58 Å². The zero-order valence-electron chi connectivity index (χ0n) is 6.39. The third-order valence-electron chi connectivity index (χ3n) is 2.26. The molecule has 1 saturated carbocycles. The Morgan fingerprint density at radius 2 is 2.27 bits per heavy atom. The van der Waals surface area contributed by atoms with Gasteiger partial charge in [-0.25, -0.2) is 8.78 Å². The largest absolute Gasteiger partial charge is 0.324 e. The summed E-state index contributed by atoms with van der Waals surface area (Å²) in [7, 11) is 0. The van der Waals surface area contributed by atoms with Gasteiger partial charge in [-0.2, -0.15) is 0 Å². The average Bonchev–Trinajstić information content (AvgIpc) is 2.29. The minimum atomic E-state index is -2.48. The average molecular weight is 161 g/mol. The molecule has 1 aliphatic rings. The van der Waals surface area contributed by atoms with E-state index in [9.17, 15) is 8.78 Å². The molecule has 0 radical (unpaired) electrons. The summed E-state index contributed by atoms with van der Waals surface area (Å²) in [5, 5.41) is 0. The van der Waals surface area contributed by atoms with E-state index in [0.29, 0.717) is 6.42 Å². The Bertz CT molecular complexity index is 156. The van der Waals surface area contributed by atoms with Crippen LogP contribution in [-0.2, 0) is 0 Å². The predicted molar refractivity (Wildman–Crippen MR) is 40.5 cm³/mol. The van der Waals surface area contributed by atoms with E-state index in [-0.39, 0.29) is 24.8 Å². The molecule has 1 fully saturated rings. The molecule has 0 bridgehead atoms. The molecule has 0 aromatic rings. The van der Waals surface area contributed by atoms with Crippen molar-refractivity contribution in [2.24, 2.45) is 11.7 Å². The van der Waals surface area contributed by atoms with Crippen LogP contribution < -0.4 is 5.73 Å². The minimum absolute atomic E-state index is 0.0147. The lowest BCUT2D eigenvalue weighted by molar-refractivity contribution is 0.00455. The lowest BCUT2D eigenvalue weighted by atomic mass is 9.99. The standard InChI is InChI=1S/C8H13F2N/c1-2-7(11)6-3-4-8(9,10)5-6/h2,6-7H,1,3-5,11H2. The zero-order chi connectivity index (χ0) is 8.48. The zero-order valence-corrected chi connectivity index (χ0v) is 6.39. The molecule has 2 atom stereocenters. The Morgan fingerprint density at radius 1 is 1.64 bits per heavy atom. The third kappa shape index (κ3) is 1.99. The van der Waals surface area contributed by atoms with E-state index in [1.54, 1.807) is 6.08 Å². The molecule has 1 rings (SSSR count). The van der Waals surface area contributed by atoms with Gasteiger partial charge in [0.1, 0.15) is 0 Å². The lowest BCUT2D eigenvalue weighted by Crippen LogP contribution is -2.26. The summed E-state index contributed by atoms with van der Waals surface area (Å²) in [5.41, 5.74) is 5.55. The normalized spacial score (nSPS) is 31.7. The molecule has 0 amide bonds. The molecular weight excluding hydrogens is 148 g/mol. The summed E-state index contributed by atoms with van der Waals surface area (Å²) in [6.45, 7) is 3.48. The summed E-state index contributed by atoms with van der Waals surface area (Å²) < 4.78 is 25.2. The van der Waals surface area contributed by atoms with E-state index in [4.69, 9.17) is 5.73 Å². The topological polar surface area (TPSA) is 26.0 Å². The van der Waals surface area contributed by atoms with E-state index >= 15 is 0 Å². The lowest BCUT2D eigenvalue weighted by Gasteiger charge is -2.14. The van der Waals surface area contributed by atoms with Crippen molar-refractivity contribution in [3.05, 3.63) is 12.7 Å². The Balaban J connectivity index is 2.47. The second kappa shape index (κ2) is 2.89. The molecule has 64 valence electrons. The van der Waals surface area contributed by atoms with E-state index in [1.165, 1.54) is 0 Å². The van der Waals surface area contributed by atoms with Crippen molar-refractivity contribution in [1.29, 1.82) is 0 Å². The monoisotopic (exact) mass is 161 g/mol. The highest BCUT2D eigenvalue weighted by Crippen LogP contribution is 2.39. The van der Waals surface area contributed by atoms with Gasteiger partial charge in [-0.3, -0.25) is 0 Å². The first-order chi connectivity index (χ1) is 5.05. The second-order valence-corrected chi connectivity index (χ2v) is 3.17. The highest BCUT2D eigenvalue weighted by molar-refractivity contribution is 4.94. The third-order valence-corrected chi connectivity index (χ3v) is 2.26. The van der Waals surface area contributed by atoms with Crippen LogP contribution in [0.3, 0.4) is 0 Å². The van der Waals surface area contributed by atoms with E-state index < -0.39 is 5.92 Å². The maximum atomic E-state index is 12.6. The van der Waals surface area contributed by atoms with E-state index in [1.807, 2.05) is 0 Å². The Hall–Kier alpha value is -0.440. The van der Waals surface area contributed by atoms with Crippen LogP contribution in [0, 0.1) is 5.92 Å². The molecule has 3 heteroatoms. The molecule has 11 heavy (non-hydrogen) atoms. The fourth-order valence-electron chi connectivity index (χ4n) is 1.51. The van der Waals surface area contributed by atoms with Crippen molar-refractivity contribution in [2.45, 2.75) is 31.2 Å². The molecule has 0 spiro atoms. The van der Waals surface area contributed by atoms with Crippen LogP contribution in [0.4, 0.5) is 8.78 Å². The van der Waals surface area contributed by atoms with Crippen molar-refractivity contribution >= 4 is 0 Å². The molecule has 2 unspecified atom stereocenters. The Morgan fingerprint density at radius 3 is 2.64 bits per heavy atom. The number of halogens is 2. The van der Waals surface area contributed by atoms with Crippen LogP contribution in [0.25, 0.3) is 0 Å². The Labute approximate surface area is 65.3 Å². The first-order valence-corrected chi connectivity index (χ1v) is 3.81. The van der Waals surface area contributed by atoms with Crippen LogP contribution in [0.5, 0.6) is 0 Å². The number of hydrogen-bond acceptors (Lipinski definition) is 1. The number of nitrogens with two attached hydrogens (primary N) is 1. The summed E-state index contributed by atoms with van der Waals surface area (Å²) in [5.74, 6) is -2.55. The van der Waals surface area contributed by atoms with E-state index in [0.717, 1.165) is 0 Å². The van der Waals surface area contributed by atoms with Gasteiger partial charge < -0.3 is 5.73 Å². The Kier molecular flexibility index (Phi) is 2.28. The maximum Gasteiger partial charge on any atom is 0.248 e. The van der Waals surface area contributed by atoms with Gasteiger partial charge in [-0.05, 0) is 12.3 Å². The molecule has 0 aromatic heterocycles. The molecule has 2 N–H and O–H groups in total. The van der Waals surface area contributed by atoms with Crippen molar-refractivity contribution in [1.82, 2.24) is 0 Å². The van der Waals surface area contributed by atoms with Crippen molar-refractivity contribution in [3.8, 4) is 0 Å². The number of rotatable bonds is 2. The fraction of sp³-hybridized carbons (Fsp3) is 0.750. The SMILES string of the molecule is C=CC(N)C1CCC(F)(F)C1. The van der Waals surface area contributed by atoms with Crippen LogP contribution in [0.15, 0.2) is 12.7 Å². The van der Waals surface area contributed by atoms with Gasteiger partial charge in [0.2, 0.25) is 5.92 Å². The smallest absolute Gasteiger partial charge is 0.248 e. The van der Waals surface area contributed by atoms with Gasteiger partial charge in [0.25, 0.3) is 0 Å². The summed E-state index contributed by atoms with van der Waals surface area (Å²) in [6.07, 6.45) is 1.99. The van der Waals surface area contributed by atoms with Gasteiger partial charge in [0.05, 0.1) is 0 Å². The number of hydrogen-bond donors (Lipinski definition) is 1. The van der Waals surface area contributed by atoms with Crippen molar-refractivity contribution < 1.29 is 8.78 Å². The molecule has 0 saturated heterocycles. The molecule has 1 nitrogen and oxygen atoms in total. The van der Waals surface area contributed by atoms with Crippen LogP contribution in [0.2, 0.25) is 0 Å². The van der Waals surface area contributed by atoms with Crippen LogP contribution >= 0.6 is 0 Å². The molecule has 0 aromatic carbocycles. The van der Waals surface area contributed by atoms with Crippen LogP contribution in [0.1, 0.15) is 19.3 Å². The quantitative estimate of drug-likeness (QED) is 0.615. The molecule has 0 aliphatic heterocycles. The van der Waals surface area contributed by atoms with Crippen LogP contribution in [-0.4, -0.2) is 12.0 Å². The molecule has 0 heterocycles. The summed E-state index contributed by atoms with van der Waals surface area (Å²) in [4.78, 5) is 0. The van der Waals surface area contributed by atoms with Crippen molar-refractivity contribution in [2.75, 3.05) is 0 Å². The molecular formula is C8H13F2N. The fourth-order valence-corrected chi connectivity index (χ4v) is 1.51. The van der Waals surface area contributed by atoms with Gasteiger partial charge in [0.15, 0.2) is 0 Å². The maximum absolute atomic E-state index is 12.6. The highest BCUT2D eigenvalue weighted by Gasteiger charge is 2.40. The minimum Gasteiger partial charge on any atom is -0.324 e. The summed E-state index contributed by atoms with van der Waals surface area (Å²) >= 11 is 0. The predicted octanol–water partition coefficient (Wildman–Crippen LogP) is 1.94. The second-order valence-electron chi connectivity index (χ2n) is 3.17. The van der Waals surface area contributed by atoms with Gasteiger partial charge in [-0.1, -0.05) is 6.08 Å². The van der Waals surface area contributed by atoms with Gasteiger partial charge >= 0.3 is 0 Å². The van der Waals surface area contributed by atoms with Crippen molar-refractivity contribution in [3.63, 3.8) is 0 Å². The van der Waals surface area contributed by atoms with E-state index in [2.05, 4.69) is 6.58 Å². The molecule has 1 aliphatic carbocycles. The first-order valence-electron chi connectivity index (χ1n) is 3.81. The number of alkyl halides is 2. The summed E-state index contributed by atoms with van der Waals surface area (Å²) in [6, 6.07) is -0.261. The van der Waals surface area contributed by atoms with Gasteiger partial charge in [0, 0.05) is 18.9 Å².